The fourth-order valence-electron chi connectivity index (χ4n) is 2.80. The average Bonchev–Trinajstić information content (AvgIpc) is 2.49. The van der Waals surface area contributed by atoms with Crippen LogP contribution < -0.4 is 16.0 Å². The number of nitrogen functional groups attached to an aromatic ring is 1. The first kappa shape index (κ1) is 13.1. The van der Waals surface area contributed by atoms with E-state index in [-0.39, 0.29) is 6.10 Å². The monoisotopic (exact) mass is 272 g/mol. The summed E-state index contributed by atoms with van der Waals surface area (Å²) in [4.78, 5) is 8.72. The summed E-state index contributed by atoms with van der Waals surface area (Å²) in [7, 11) is 0. The van der Waals surface area contributed by atoms with Gasteiger partial charge < -0.3 is 4.74 Å². The Hall–Kier alpha value is -1.88. The van der Waals surface area contributed by atoms with Crippen LogP contribution >= 0.6 is 0 Å². The number of rotatable bonds is 3. The summed E-state index contributed by atoms with van der Waals surface area (Å²) in [5.74, 6) is 7.02. The Morgan fingerprint density at radius 1 is 1.20 bits per heavy atom. The molecular weight excluding hydrogens is 252 g/mol. The van der Waals surface area contributed by atoms with Crippen molar-refractivity contribution in [1.29, 1.82) is 0 Å². The molecule has 5 heteroatoms. The van der Waals surface area contributed by atoms with Gasteiger partial charge in [0.05, 0.1) is 10.9 Å². The molecule has 1 fully saturated rings. The molecular formula is C15H20N4O. The van der Waals surface area contributed by atoms with Crippen molar-refractivity contribution in [3.8, 4) is 5.88 Å². The van der Waals surface area contributed by atoms with Gasteiger partial charge in [-0.05, 0) is 37.3 Å². The maximum atomic E-state index is 6.18. The zero-order chi connectivity index (χ0) is 13.9. The van der Waals surface area contributed by atoms with Gasteiger partial charge in [0.1, 0.15) is 6.10 Å². The Kier molecular flexibility index (Phi) is 3.69. The first-order valence-electron chi connectivity index (χ1n) is 7.18. The van der Waals surface area contributed by atoms with Crippen molar-refractivity contribution in [3.63, 3.8) is 0 Å². The summed E-state index contributed by atoms with van der Waals surface area (Å²) in [6.07, 6.45) is 5.05. The molecule has 1 aliphatic carbocycles. The van der Waals surface area contributed by atoms with Crippen LogP contribution in [0.4, 0.5) is 5.95 Å². The second kappa shape index (κ2) is 5.63. The summed E-state index contributed by atoms with van der Waals surface area (Å²) in [5, 5.41) is 0.935. The van der Waals surface area contributed by atoms with E-state index in [1.54, 1.807) is 0 Å². The van der Waals surface area contributed by atoms with Gasteiger partial charge in [-0.2, -0.15) is 4.98 Å². The minimum absolute atomic E-state index is 0.229. The fourth-order valence-corrected chi connectivity index (χ4v) is 2.80. The SMILES string of the molecule is CC1CCCCC1Oc1nc(NN)nc2ccccc12. The van der Waals surface area contributed by atoms with Crippen LogP contribution in [0.3, 0.4) is 0 Å². The van der Waals surface area contributed by atoms with Gasteiger partial charge in [0.15, 0.2) is 0 Å². The normalized spacial score (nSPS) is 22.7. The minimum atomic E-state index is 0.229. The molecule has 5 nitrogen and oxygen atoms in total. The molecule has 3 N–H and O–H groups in total. The molecule has 3 rings (SSSR count). The lowest BCUT2D eigenvalue weighted by Gasteiger charge is -2.29. The number of hydrogen-bond acceptors (Lipinski definition) is 5. The van der Waals surface area contributed by atoms with Crippen molar-refractivity contribution in [2.45, 2.75) is 38.7 Å². The van der Waals surface area contributed by atoms with Crippen LogP contribution in [0.2, 0.25) is 0 Å². The lowest BCUT2D eigenvalue weighted by atomic mass is 9.88. The largest absolute Gasteiger partial charge is 0.474 e. The van der Waals surface area contributed by atoms with E-state index >= 15 is 0 Å². The number of anilines is 1. The number of benzene rings is 1. The number of nitrogens with two attached hydrogens (primary N) is 1. The van der Waals surface area contributed by atoms with E-state index in [2.05, 4.69) is 22.3 Å². The highest BCUT2D eigenvalue weighted by atomic mass is 16.5. The molecule has 0 aliphatic heterocycles. The second-order valence-electron chi connectivity index (χ2n) is 5.43. The van der Waals surface area contributed by atoms with E-state index in [9.17, 15) is 0 Å². The molecule has 1 aliphatic rings. The predicted octanol–water partition coefficient (Wildman–Crippen LogP) is 2.87. The molecule has 1 aromatic carbocycles. The van der Waals surface area contributed by atoms with Crippen molar-refractivity contribution in [1.82, 2.24) is 9.97 Å². The topological polar surface area (TPSA) is 73.1 Å². The van der Waals surface area contributed by atoms with E-state index in [4.69, 9.17) is 10.6 Å². The molecule has 2 atom stereocenters. The lowest BCUT2D eigenvalue weighted by molar-refractivity contribution is 0.0994. The third kappa shape index (κ3) is 2.54. The number of hydrazine groups is 1. The van der Waals surface area contributed by atoms with E-state index in [0.717, 1.165) is 17.3 Å². The van der Waals surface area contributed by atoms with Gasteiger partial charge >= 0.3 is 0 Å². The van der Waals surface area contributed by atoms with Crippen molar-refractivity contribution in [2.75, 3.05) is 5.43 Å². The van der Waals surface area contributed by atoms with E-state index in [1.165, 1.54) is 19.3 Å². The average molecular weight is 272 g/mol. The van der Waals surface area contributed by atoms with Gasteiger partial charge in [0.25, 0.3) is 0 Å². The number of hydrogen-bond donors (Lipinski definition) is 2. The van der Waals surface area contributed by atoms with Gasteiger partial charge in [-0.15, -0.1) is 0 Å². The Morgan fingerprint density at radius 3 is 2.80 bits per heavy atom. The Morgan fingerprint density at radius 2 is 2.00 bits per heavy atom. The zero-order valence-electron chi connectivity index (χ0n) is 11.7. The van der Waals surface area contributed by atoms with E-state index in [0.29, 0.717) is 17.7 Å². The van der Waals surface area contributed by atoms with Crippen molar-refractivity contribution in [3.05, 3.63) is 24.3 Å². The molecule has 20 heavy (non-hydrogen) atoms. The van der Waals surface area contributed by atoms with Crippen molar-refractivity contribution < 1.29 is 4.74 Å². The van der Waals surface area contributed by atoms with Crippen LogP contribution in [0.1, 0.15) is 32.6 Å². The van der Waals surface area contributed by atoms with Gasteiger partial charge in [-0.3, -0.25) is 5.43 Å². The highest BCUT2D eigenvalue weighted by Crippen LogP contribution is 2.30. The standard InChI is InChI=1S/C15H20N4O/c1-10-6-2-5-9-13(10)20-14-11-7-3-4-8-12(11)17-15(18-14)19-16/h3-4,7-8,10,13H,2,5-6,9,16H2,1H3,(H,17,18,19). The molecule has 1 saturated carbocycles. The number of ether oxygens (including phenoxy) is 1. The summed E-state index contributed by atoms with van der Waals surface area (Å²) >= 11 is 0. The van der Waals surface area contributed by atoms with Gasteiger partial charge in [0.2, 0.25) is 11.8 Å². The number of aromatic nitrogens is 2. The molecule has 1 aromatic heterocycles. The summed E-state index contributed by atoms with van der Waals surface area (Å²) < 4.78 is 6.18. The van der Waals surface area contributed by atoms with Crippen molar-refractivity contribution >= 4 is 16.9 Å². The molecule has 0 amide bonds. The molecule has 0 saturated heterocycles. The third-order valence-electron chi connectivity index (χ3n) is 3.99. The first-order valence-corrected chi connectivity index (χ1v) is 7.18. The van der Waals surface area contributed by atoms with E-state index in [1.807, 2.05) is 24.3 Å². The number of fused-ring (bicyclic) bond motifs is 1. The predicted molar refractivity (Wildman–Crippen MR) is 79.4 cm³/mol. The lowest BCUT2D eigenvalue weighted by Crippen LogP contribution is -2.28. The summed E-state index contributed by atoms with van der Waals surface area (Å²) in [5.41, 5.74) is 3.35. The van der Waals surface area contributed by atoms with Crippen molar-refractivity contribution in [2.24, 2.45) is 11.8 Å². The zero-order valence-corrected chi connectivity index (χ0v) is 11.7. The summed E-state index contributed by atoms with van der Waals surface area (Å²) in [6.45, 7) is 2.25. The molecule has 2 aromatic rings. The first-order chi connectivity index (χ1) is 9.78. The molecule has 2 unspecified atom stereocenters. The molecule has 0 radical (unpaired) electrons. The Bertz CT molecular complexity index is 601. The number of para-hydroxylation sites is 1. The smallest absolute Gasteiger partial charge is 0.241 e. The minimum Gasteiger partial charge on any atom is -0.474 e. The fraction of sp³-hybridized carbons (Fsp3) is 0.467. The van der Waals surface area contributed by atoms with Gasteiger partial charge in [0, 0.05) is 0 Å². The molecule has 0 spiro atoms. The Balaban J connectivity index is 1.96. The van der Waals surface area contributed by atoms with Gasteiger partial charge in [-0.25, -0.2) is 10.8 Å². The highest BCUT2D eigenvalue weighted by Gasteiger charge is 2.24. The van der Waals surface area contributed by atoms with Crippen LogP contribution in [-0.2, 0) is 0 Å². The van der Waals surface area contributed by atoms with Crippen LogP contribution in [0.5, 0.6) is 5.88 Å². The van der Waals surface area contributed by atoms with Gasteiger partial charge in [-0.1, -0.05) is 25.5 Å². The van der Waals surface area contributed by atoms with Crippen LogP contribution in [0, 0.1) is 5.92 Å². The number of nitrogens with zero attached hydrogens (tertiary/aromatic N) is 2. The highest BCUT2D eigenvalue weighted by molar-refractivity contribution is 5.84. The summed E-state index contributed by atoms with van der Waals surface area (Å²) in [6, 6.07) is 7.84. The van der Waals surface area contributed by atoms with Crippen LogP contribution in [0.25, 0.3) is 10.9 Å². The molecule has 0 bridgehead atoms. The Labute approximate surface area is 118 Å². The maximum Gasteiger partial charge on any atom is 0.241 e. The quantitative estimate of drug-likeness (QED) is 0.664. The van der Waals surface area contributed by atoms with Crippen LogP contribution in [-0.4, -0.2) is 16.1 Å². The second-order valence-corrected chi connectivity index (χ2v) is 5.43. The third-order valence-corrected chi connectivity index (χ3v) is 3.99. The van der Waals surface area contributed by atoms with E-state index < -0.39 is 0 Å². The van der Waals surface area contributed by atoms with Crippen LogP contribution in [0.15, 0.2) is 24.3 Å². The molecule has 106 valence electrons. The molecule has 1 heterocycles. The number of nitrogens with one attached hydrogen (secondary N) is 1. The maximum absolute atomic E-state index is 6.18.